The third-order valence-corrected chi connectivity index (χ3v) is 5.68. The Kier molecular flexibility index (Phi) is 4.46. The van der Waals surface area contributed by atoms with E-state index in [-0.39, 0.29) is 5.78 Å². The summed E-state index contributed by atoms with van der Waals surface area (Å²) >= 11 is 1.52. The summed E-state index contributed by atoms with van der Waals surface area (Å²) < 4.78 is 1.96. The molecule has 0 spiro atoms. The van der Waals surface area contributed by atoms with Crippen molar-refractivity contribution in [1.82, 2.24) is 20.1 Å². The van der Waals surface area contributed by atoms with Gasteiger partial charge in [0.05, 0.1) is 16.8 Å². The molecule has 3 aromatic heterocycles. The van der Waals surface area contributed by atoms with Crippen LogP contribution in [0.1, 0.15) is 52.3 Å². The highest BCUT2D eigenvalue weighted by molar-refractivity contribution is 7.12. The molecule has 1 aliphatic rings. The van der Waals surface area contributed by atoms with Gasteiger partial charge in [-0.25, -0.2) is 9.67 Å². The lowest BCUT2D eigenvalue weighted by molar-refractivity contribution is 0.102. The number of fused-ring (bicyclic) bond motifs is 1. The number of nitrogens with one attached hydrogen (secondary N) is 1. The van der Waals surface area contributed by atoms with Crippen molar-refractivity contribution in [1.29, 1.82) is 0 Å². The predicted octanol–water partition coefficient (Wildman–Crippen LogP) is 3.70. The van der Waals surface area contributed by atoms with Gasteiger partial charge in [-0.1, -0.05) is 6.07 Å². The molecular weight excluding hydrogens is 332 g/mol. The molecule has 0 saturated carbocycles. The molecule has 1 atom stereocenters. The fourth-order valence-electron chi connectivity index (χ4n) is 3.34. The molecule has 0 saturated heterocycles. The maximum Gasteiger partial charge on any atom is 0.169 e. The number of nitrogens with zero attached hydrogens (tertiary/aromatic N) is 3. The van der Waals surface area contributed by atoms with Crippen LogP contribution >= 0.6 is 11.3 Å². The molecule has 25 heavy (non-hydrogen) atoms. The summed E-state index contributed by atoms with van der Waals surface area (Å²) in [6.45, 7) is 2.38. The molecule has 0 aliphatic heterocycles. The molecule has 1 N–H and O–H groups in total. The van der Waals surface area contributed by atoms with Gasteiger partial charge in [-0.2, -0.15) is 5.10 Å². The Bertz CT molecular complexity index is 884. The third kappa shape index (κ3) is 3.27. The minimum atomic E-state index is 0.132. The Morgan fingerprint density at radius 3 is 3.12 bits per heavy atom. The van der Waals surface area contributed by atoms with Crippen molar-refractivity contribution in [2.45, 2.75) is 38.8 Å². The molecule has 0 aromatic carbocycles. The van der Waals surface area contributed by atoms with Crippen molar-refractivity contribution < 1.29 is 4.79 Å². The largest absolute Gasteiger partial charge is 0.306 e. The van der Waals surface area contributed by atoms with Crippen LogP contribution in [-0.4, -0.2) is 20.5 Å². The average molecular weight is 352 g/mol. The number of hydrogen-bond donors (Lipinski definition) is 1. The summed E-state index contributed by atoms with van der Waals surface area (Å²) in [5.74, 6) is 1.00. The van der Waals surface area contributed by atoms with E-state index in [1.54, 1.807) is 13.1 Å². The first-order valence-electron chi connectivity index (χ1n) is 8.52. The molecule has 6 heteroatoms. The van der Waals surface area contributed by atoms with Crippen molar-refractivity contribution in [3.63, 3.8) is 0 Å². The highest BCUT2D eigenvalue weighted by Crippen LogP contribution is 2.31. The third-order valence-electron chi connectivity index (χ3n) is 4.60. The van der Waals surface area contributed by atoms with Gasteiger partial charge in [0.15, 0.2) is 11.6 Å². The Balaban J connectivity index is 1.52. The zero-order chi connectivity index (χ0) is 17.2. The average Bonchev–Trinajstić information content (AvgIpc) is 3.28. The molecule has 0 unspecified atom stereocenters. The molecule has 3 heterocycles. The van der Waals surface area contributed by atoms with Crippen LogP contribution < -0.4 is 5.32 Å². The van der Waals surface area contributed by atoms with Gasteiger partial charge in [0.1, 0.15) is 0 Å². The number of Topliss-reactive ketones (excluding diaryl/α,β-unsaturated/α-hetero) is 1. The molecular formula is C19H20N4OS. The zero-order valence-electron chi connectivity index (χ0n) is 14.1. The van der Waals surface area contributed by atoms with E-state index in [0.29, 0.717) is 6.04 Å². The summed E-state index contributed by atoms with van der Waals surface area (Å²) in [7, 11) is 0. The molecule has 0 radical (unpaired) electrons. The number of aromatic nitrogens is 3. The van der Waals surface area contributed by atoms with Crippen molar-refractivity contribution >= 4 is 17.1 Å². The fourth-order valence-corrected chi connectivity index (χ4v) is 4.15. The highest BCUT2D eigenvalue weighted by Gasteiger charge is 2.24. The minimum Gasteiger partial charge on any atom is -0.306 e. The second-order valence-electron chi connectivity index (χ2n) is 6.35. The first-order chi connectivity index (χ1) is 12.2. The number of pyridine rings is 1. The Labute approximate surface area is 150 Å². The van der Waals surface area contributed by atoms with Crippen molar-refractivity contribution in [3.8, 4) is 5.82 Å². The summed E-state index contributed by atoms with van der Waals surface area (Å²) in [5.41, 5.74) is 3.68. The van der Waals surface area contributed by atoms with Gasteiger partial charge in [0.2, 0.25) is 0 Å². The number of thiophene rings is 1. The van der Waals surface area contributed by atoms with E-state index in [0.717, 1.165) is 36.5 Å². The van der Waals surface area contributed by atoms with Crippen LogP contribution in [0, 0.1) is 0 Å². The monoisotopic (exact) mass is 352 g/mol. The van der Waals surface area contributed by atoms with E-state index >= 15 is 0 Å². The Hall–Kier alpha value is -2.31. The van der Waals surface area contributed by atoms with Gasteiger partial charge in [0.25, 0.3) is 0 Å². The standard InChI is InChI=1S/C19H20N4OS/c1-13(24)18-9-14(12-25-18)10-21-16-5-4-6-17-15(16)11-22-23(17)19-7-2-3-8-20-19/h2-3,7-9,11-12,16,21H,4-6,10H2,1H3/t16-/m1/s1. The van der Waals surface area contributed by atoms with E-state index in [4.69, 9.17) is 0 Å². The lowest BCUT2D eigenvalue weighted by atomic mass is 9.93. The molecule has 0 fully saturated rings. The van der Waals surface area contributed by atoms with Gasteiger partial charge >= 0.3 is 0 Å². The highest BCUT2D eigenvalue weighted by atomic mass is 32.1. The lowest BCUT2D eigenvalue weighted by Gasteiger charge is -2.24. The van der Waals surface area contributed by atoms with E-state index in [9.17, 15) is 4.79 Å². The molecule has 5 nitrogen and oxygen atoms in total. The Morgan fingerprint density at radius 2 is 2.36 bits per heavy atom. The van der Waals surface area contributed by atoms with Crippen LogP contribution in [0.25, 0.3) is 5.82 Å². The van der Waals surface area contributed by atoms with Crippen molar-refractivity contribution in [2.75, 3.05) is 0 Å². The summed E-state index contributed by atoms with van der Waals surface area (Å²) in [5, 5.41) is 10.3. The summed E-state index contributed by atoms with van der Waals surface area (Å²) in [4.78, 5) is 16.7. The van der Waals surface area contributed by atoms with Crippen molar-refractivity contribution in [2.24, 2.45) is 0 Å². The number of hydrogen-bond acceptors (Lipinski definition) is 5. The first-order valence-corrected chi connectivity index (χ1v) is 9.40. The van der Waals surface area contributed by atoms with E-state index in [2.05, 4.69) is 20.8 Å². The lowest BCUT2D eigenvalue weighted by Crippen LogP contribution is -2.25. The fraction of sp³-hybridized carbons (Fsp3) is 0.316. The van der Waals surface area contributed by atoms with Crippen molar-refractivity contribution in [3.05, 3.63) is 63.7 Å². The van der Waals surface area contributed by atoms with Gasteiger partial charge in [-0.05, 0) is 55.3 Å². The molecule has 1 aliphatic carbocycles. The van der Waals surface area contributed by atoms with Crippen LogP contribution in [0.3, 0.4) is 0 Å². The zero-order valence-corrected chi connectivity index (χ0v) is 14.9. The number of carbonyl (C=O) groups excluding carboxylic acids is 1. The second kappa shape index (κ2) is 6.90. The smallest absolute Gasteiger partial charge is 0.169 e. The van der Waals surface area contributed by atoms with E-state index in [1.807, 2.05) is 35.1 Å². The summed E-state index contributed by atoms with van der Waals surface area (Å²) in [6.07, 6.45) is 7.02. The van der Waals surface area contributed by atoms with E-state index in [1.165, 1.54) is 28.2 Å². The molecule has 0 amide bonds. The number of carbonyl (C=O) groups is 1. The van der Waals surface area contributed by atoms with Crippen LogP contribution in [0.15, 0.2) is 42.0 Å². The predicted molar refractivity (Wildman–Crippen MR) is 98.2 cm³/mol. The van der Waals surface area contributed by atoms with E-state index < -0.39 is 0 Å². The number of rotatable bonds is 5. The van der Waals surface area contributed by atoms with Gasteiger partial charge in [-0.15, -0.1) is 11.3 Å². The molecule has 0 bridgehead atoms. The van der Waals surface area contributed by atoms with Gasteiger partial charge in [0, 0.05) is 24.3 Å². The van der Waals surface area contributed by atoms with Crippen LogP contribution in [0.2, 0.25) is 0 Å². The maximum absolute atomic E-state index is 11.4. The van der Waals surface area contributed by atoms with Crippen LogP contribution in [0.5, 0.6) is 0 Å². The van der Waals surface area contributed by atoms with Gasteiger partial charge < -0.3 is 5.32 Å². The molecule has 128 valence electrons. The number of ketones is 1. The molecule has 4 rings (SSSR count). The van der Waals surface area contributed by atoms with Crippen LogP contribution in [0.4, 0.5) is 0 Å². The maximum atomic E-state index is 11.4. The first kappa shape index (κ1) is 16.2. The quantitative estimate of drug-likeness (QED) is 0.711. The SMILES string of the molecule is CC(=O)c1cc(CN[C@@H]2CCCc3c2cnn3-c2ccccn2)cs1. The Morgan fingerprint density at radius 1 is 1.44 bits per heavy atom. The topological polar surface area (TPSA) is 59.8 Å². The summed E-state index contributed by atoms with van der Waals surface area (Å²) in [6, 6.07) is 8.17. The van der Waals surface area contributed by atoms with Gasteiger partial charge in [-0.3, -0.25) is 4.79 Å². The normalized spacial score (nSPS) is 16.6. The molecule has 3 aromatic rings. The minimum absolute atomic E-state index is 0.132. The second-order valence-corrected chi connectivity index (χ2v) is 7.26. The van der Waals surface area contributed by atoms with Crippen LogP contribution in [-0.2, 0) is 13.0 Å².